The first-order chi connectivity index (χ1) is 17.1. The van der Waals surface area contributed by atoms with Crippen LogP contribution in [0.5, 0.6) is 0 Å². The van der Waals surface area contributed by atoms with Gasteiger partial charge in [-0.15, -0.1) is 21.6 Å². The molecule has 0 spiro atoms. The number of nitrogen functional groups attached to an aromatic ring is 1. The number of nitrogens with one attached hydrogen (secondary N) is 1. The lowest BCUT2D eigenvalue weighted by molar-refractivity contribution is 0.0730. The first-order valence-electron chi connectivity index (χ1n) is 11.2. The summed E-state index contributed by atoms with van der Waals surface area (Å²) in [5, 5.41) is 8.23. The summed E-state index contributed by atoms with van der Waals surface area (Å²) >= 11 is 1.69. The number of nitrogens with zero attached hydrogens (tertiary/aromatic N) is 8. The second-order valence-corrected chi connectivity index (χ2v) is 9.34. The summed E-state index contributed by atoms with van der Waals surface area (Å²) in [6.07, 6.45) is 3.32. The van der Waals surface area contributed by atoms with Crippen LogP contribution in [0.2, 0.25) is 0 Å². The summed E-state index contributed by atoms with van der Waals surface area (Å²) in [7, 11) is 3.89. The fourth-order valence-corrected chi connectivity index (χ4v) is 5.20. The number of amidine groups is 1. The van der Waals surface area contributed by atoms with Gasteiger partial charge in [-0.1, -0.05) is 18.2 Å². The number of hydrazine groups is 2. The predicted molar refractivity (Wildman–Crippen MR) is 137 cm³/mol. The number of hydrazone groups is 1. The van der Waals surface area contributed by atoms with Crippen LogP contribution in [0.4, 0.5) is 11.8 Å². The zero-order valence-corrected chi connectivity index (χ0v) is 20.2. The van der Waals surface area contributed by atoms with E-state index in [1.807, 2.05) is 24.2 Å². The van der Waals surface area contributed by atoms with Crippen molar-refractivity contribution in [1.82, 2.24) is 35.6 Å². The molecule has 2 aliphatic heterocycles. The molecule has 0 radical (unpaired) electrons. The summed E-state index contributed by atoms with van der Waals surface area (Å²) in [6, 6.07) is 10.5. The summed E-state index contributed by atoms with van der Waals surface area (Å²) in [6.45, 7) is 2.90. The third-order valence-electron chi connectivity index (χ3n) is 6.06. The van der Waals surface area contributed by atoms with E-state index in [4.69, 9.17) is 20.4 Å². The van der Waals surface area contributed by atoms with Crippen molar-refractivity contribution >= 4 is 39.2 Å². The van der Waals surface area contributed by atoms with Crippen LogP contribution in [0.1, 0.15) is 5.56 Å². The molecule has 12 heteroatoms. The maximum absolute atomic E-state index is 5.68. The Balaban J connectivity index is 1.45. The summed E-state index contributed by atoms with van der Waals surface area (Å²) in [5.74, 6) is 2.56. The largest absolute Gasteiger partial charge is 0.378 e. The van der Waals surface area contributed by atoms with Gasteiger partial charge in [-0.2, -0.15) is 0 Å². The lowest BCUT2D eigenvalue weighted by Crippen LogP contribution is -2.39. The van der Waals surface area contributed by atoms with Crippen molar-refractivity contribution in [3.8, 4) is 21.8 Å². The van der Waals surface area contributed by atoms with E-state index in [1.54, 1.807) is 23.7 Å². The van der Waals surface area contributed by atoms with Crippen LogP contribution in [-0.2, 0) is 4.74 Å². The fourth-order valence-electron chi connectivity index (χ4n) is 4.09. The van der Waals surface area contributed by atoms with Crippen LogP contribution < -0.4 is 16.2 Å². The minimum atomic E-state index is 0.222. The molecule has 0 atom stereocenters. The number of nitrogens with two attached hydrogens (primary N) is 1. The number of hydrogen-bond donors (Lipinski definition) is 2. The highest BCUT2D eigenvalue weighted by Gasteiger charge is 2.23. The number of hydrogen-bond acceptors (Lipinski definition) is 12. The molecular weight excluding hydrogens is 464 g/mol. The monoisotopic (exact) mass is 488 g/mol. The number of rotatable bonds is 4. The number of anilines is 2. The van der Waals surface area contributed by atoms with Crippen molar-refractivity contribution in [1.29, 1.82) is 0 Å². The molecule has 4 aromatic rings. The van der Waals surface area contributed by atoms with Gasteiger partial charge >= 0.3 is 0 Å². The molecule has 2 aliphatic rings. The van der Waals surface area contributed by atoms with Crippen LogP contribution in [0.3, 0.4) is 0 Å². The number of morpholine rings is 1. The van der Waals surface area contributed by atoms with Gasteiger partial charge in [0.15, 0.2) is 17.5 Å². The Morgan fingerprint density at radius 1 is 1.00 bits per heavy atom. The molecule has 0 aliphatic carbocycles. The van der Waals surface area contributed by atoms with Crippen molar-refractivity contribution in [2.45, 2.75) is 0 Å². The Hall–Kier alpha value is -3.87. The predicted octanol–water partition coefficient (Wildman–Crippen LogP) is 2.19. The molecule has 178 valence electrons. The molecule has 1 aromatic carbocycles. The Morgan fingerprint density at radius 3 is 2.51 bits per heavy atom. The van der Waals surface area contributed by atoms with Crippen LogP contribution in [-0.4, -0.2) is 76.3 Å². The van der Waals surface area contributed by atoms with Gasteiger partial charge in [0.25, 0.3) is 0 Å². The Bertz CT molecular complexity index is 1410. The van der Waals surface area contributed by atoms with Gasteiger partial charge in [-0.05, 0) is 17.7 Å². The van der Waals surface area contributed by atoms with Gasteiger partial charge in [0.2, 0.25) is 5.95 Å². The quantitative estimate of drug-likeness (QED) is 0.442. The van der Waals surface area contributed by atoms with Gasteiger partial charge < -0.3 is 15.4 Å². The summed E-state index contributed by atoms with van der Waals surface area (Å²) < 4.78 is 6.62. The number of ether oxygens (including phenoxy) is 1. The molecule has 35 heavy (non-hydrogen) atoms. The van der Waals surface area contributed by atoms with E-state index in [-0.39, 0.29) is 5.95 Å². The minimum Gasteiger partial charge on any atom is -0.378 e. The van der Waals surface area contributed by atoms with E-state index >= 15 is 0 Å². The average Bonchev–Trinajstić information content (AvgIpc) is 3.48. The second-order valence-electron chi connectivity index (χ2n) is 8.29. The molecule has 0 bridgehead atoms. The van der Waals surface area contributed by atoms with E-state index in [0.29, 0.717) is 19.0 Å². The number of aromatic nitrogens is 4. The lowest BCUT2D eigenvalue weighted by Gasteiger charge is -2.28. The molecule has 0 unspecified atom stereocenters. The smallest absolute Gasteiger partial charge is 0.219 e. The van der Waals surface area contributed by atoms with Crippen molar-refractivity contribution < 1.29 is 4.74 Å². The standard InChI is InChI=1S/C23H24N10OS/c1-31-21(29-30-32(31)2)15-5-3-4-14(10-15)18-11-17-19(35-18)22(33-6-8-34-9-7-33)28-20(27-17)16-12-25-23(24)26-13-16/h3-5,10-13,30H,6-9H2,1-2H3,(H2,24,25,26). The van der Waals surface area contributed by atoms with Gasteiger partial charge in [0.05, 0.1) is 29.0 Å². The fraction of sp³-hybridized carbons (Fsp3) is 0.261. The number of thiophene rings is 1. The molecule has 5 heterocycles. The van der Waals surface area contributed by atoms with E-state index in [2.05, 4.69) is 55.8 Å². The van der Waals surface area contributed by atoms with E-state index < -0.39 is 0 Å². The van der Waals surface area contributed by atoms with Crippen molar-refractivity contribution in [2.75, 3.05) is 51.0 Å². The molecule has 6 rings (SSSR count). The number of benzene rings is 1. The highest BCUT2D eigenvalue weighted by atomic mass is 32.1. The average molecular weight is 489 g/mol. The number of fused-ring (bicyclic) bond motifs is 1. The molecule has 0 saturated carbocycles. The lowest BCUT2D eigenvalue weighted by atomic mass is 10.1. The highest BCUT2D eigenvalue weighted by molar-refractivity contribution is 7.22. The first kappa shape index (κ1) is 21.6. The van der Waals surface area contributed by atoms with Crippen molar-refractivity contribution in [3.05, 3.63) is 48.3 Å². The topological polar surface area (TPSA) is 121 Å². The van der Waals surface area contributed by atoms with E-state index in [9.17, 15) is 0 Å². The van der Waals surface area contributed by atoms with Crippen LogP contribution >= 0.6 is 11.3 Å². The highest BCUT2D eigenvalue weighted by Crippen LogP contribution is 2.39. The van der Waals surface area contributed by atoms with Gasteiger partial charge in [-0.25, -0.2) is 25.5 Å². The SMILES string of the molecule is CN1NN=C(c2cccc(-c3cc4nc(-c5cnc(N)nc5)nc(N5CCOCC5)c4s3)c2)N1C. The molecule has 3 aromatic heterocycles. The maximum atomic E-state index is 5.68. The van der Waals surface area contributed by atoms with Gasteiger partial charge in [0, 0.05) is 50.0 Å². The normalized spacial score (nSPS) is 16.6. The Kier molecular flexibility index (Phi) is 5.40. The molecular formula is C23H24N10OS. The van der Waals surface area contributed by atoms with Crippen molar-refractivity contribution in [2.24, 2.45) is 5.10 Å². The Labute approximate surface area is 205 Å². The van der Waals surface area contributed by atoms with Crippen LogP contribution in [0, 0.1) is 0 Å². The summed E-state index contributed by atoms with van der Waals surface area (Å²) in [4.78, 5) is 21.4. The zero-order chi connectivity index (χ0) is 23.9. The second kappa shape index (κ2) is 8.73. The molecule has 11 nitrogen and oxygen atoms in total. The Morgan fingerprint density at radius 2 is 1.77 bits per heavy atom. The van der Waals surface area contributed by atoms with Crippen LogP contribution in [0.25, 0.3) is 32.0 Å². The third kappa shape index (κ3) is 4.01. The first-order valence-corrected chi connectivity index (χ1v) is 12.0. The van der Waals surface area contributed by atoms with E-state index in [0.717, 1.165) is 56.5 Å². The van der Waals surface area contributed by atoms with Crippen molar-refractivity contribution in [3.63, 3.8) is 0 Å². The molecule has 3 N–H and O–H groups in total. The van der Waals surface area contributed by atoms with Crippen LogP contribution in [0.15, 0.2) is 47.8 Å². The summed E-state index contributed by atoms with van der Waals surface area (Å²) in [5.41, 5.74) is 12.4. The minimum absolute atomic E-state index is 0.222. The van der Waals surface area contributed by atoms with Gasteiger partial charge in [-0.3, -0.25) is 5.01 Å². The third-order valence-corrected chi connectivity index (χ3v) is 7.23. The molecule has 1 fully saturated rings. The maximum Gasteiger partial charge on any atom is 0.219 e. The zero-order valence-electron chi connectivity index (χ0n) is 19.3. The molecule has 1 saturated heterocycles. The van der Waals surface area contributed by atoms with E-state index in [1.165, 1.54) is 0 Å². The molecule has 0 amide bonds. The van der Waals surface area contributed by atoms with Gasteiger partial charge in [0.1, 0.15) is 0 Å².